The molecule has 170 valence electrons. The van der Waals surface area contributed by atoms with Crippen LogP contribution < -0.4 is 16.0 Å². The first-order valence-corrected chi connectivity index (χ1v) is 10.6. The number of H-pyrrole nitrogens is 1. The zero-order valence-electron chi connectivity index (χ0n) is 17.9. The highest BCUT2D eigenvalue weighted by Gasteiger charge is 2.34. The Hall–Kier alpha value is -3.85. The van der Waals surface area contributed by atoms with Gasteiger partial charge in [0.05, 0.1) is 24.0 Å². The molecular formula is C23H21ClN4O5. The number of carbonyl (C=O) groups excluding carboxylic acids is 1. The van der Waals surface area contributed by atoms with Crippen LogP contribution in [-0.4, -0.2) is 37.9 Å². The number of ether oxygens (including phenoxy) is 1. The number of aromatic nitrogens is 2. The summed E-state index contributed by atoms with van der Waals surface area (Å²) in [6.07, 6.45) is 0.165. The molecule has 0 saturated carbocycles. The third-order valence-corrected chi connectivity index (χ3v) is 5.48. The minimum atomic E-state index is -0.825. The number of benzene rings is 2. The van der Waals surface area contributed by atoms with Gasteiger partial charge in [-0.1, -0.05) is 29.8 Å². The molecule has 1 aliphatic heterocycles. The van der Waals surface area contributed by atoms with Crippen LogP contribution in [0.4, 0.5) is 0 Å². The Labute approximate surface area is 193 Å². The summed E-state index contributed by atoms with van der Waals surface area (Å²) < 4.78 is 6.40. The van der Waals surface area contributed by atoms with Crippen molar-refractivity contribution in [3.05, 3.63) is 85.5 Å². The molecule has 0 fully saturated rings. The van der Waals surface area contributed by atoms with E-state index >= 15 is 0 Å². The summed E-state index contributed by atoms with van der Waals surface area (Å²) >= 11 is 6.02. The monoisotopic (exact) mass is 468 g/mol. The van der Waals surface area contributed by atoms with Gasteiger partial charge in [-0.15, -0.1) is 0 Å². The maximum absolute atomic E-state index is 12.7. The van der Waals surface area contributed by atoms with Crippen molar-refractivity contribution in [2.45, 2.75) is 26.3 Å². The first-order valence-electron chi connectivity index (χ1n) is 10.2. The Morgan fingerprint density at radius 1 is 1.24 bits per heavy atom. The Morgan fingerprint density at radius 3 is 2.61 bits per heavy atom. The van der Waals surface area contributed by atoms with Crippen molar-refractivity contribution in [2.75, 3.05) is 6.61 Å². The van der Waals surface area contributed by atoms with E-state index in [0.717, 1.165) is 10.1 Å². The average Bonchev–Trinajstić information content (AvgIpc) is 3.19. The first-order chi connectivity index (χ1) is 15.8. The van der Waals surface area contributed by atoms with E-state index in [2.05, 4.69) is 10.1 Å². The molecular weight excluding hydrogens is 448 g/mol. The molecule has 33 heavy (non-hydrogen) atoms. The Kier molecular flexibility index (Phi) is 6.06. The number of carbonyl (C=O) groups is 1. The summed E-state index contributed by atoms with van der Waals surface area (Å²) in [5.41, 5.74) is -0.578. The number of halogens is 1. The number of aromatic amines is 1. The molecule has 0 unspecified atom stereocenters. The highest BCUT2D eigenvalue weighted by Crippen LogP contribution is 2.34. The van der Waals surface area contributed by atoms with Crippen LogP contribution in [0.5, 0.6) is 11.6 Å². The predicted octanol–water partition coefficient (Wildman–Crippen LogP) is 2.98. The fraction of sp³-hybridized carbons (Fsp3) is 0.217. The maximum Gasteiger partial charge on any atom is 0.335 e. The average molecular weight is 469 g/mol. The molecule has 4 rings (SSSR count). The minimum absolute atomic E-state index is 0.165. The summed E-state index contributed by atoms with van der Waals surface area (Å²) in [6, 6.07) is 13.0. The van der Waals surface area contributed by atoms with Gasteiger partial charge in [-0.05, 0) is 42.8 Å². The second-order valence-corrected chi connectivity index (χ2v) is 7.84. The lowest BCUT2D eigenvalue weighted by Crippen LogP contribution is -2.33. The molecule has 10 heteroatoms. The lowest BCUT2D eigenvalue weighted by Gasteiger charge is -2.20. The molecule has 0 aliphatic carbocycles. The Bertz CT molecular complexity index is 1360. The number of hydrogen-bond acceptors (Lipinski definition) is 6. The van der Waals surface area contributed by atoms with Gasteiger partial charge in [-0.25, -0.2) is 14.4 Å². The molecule has 2 heterocycles. The molecule has 1 aromatic heterocycles. The molecule has 0 saturated heterocycles. The molecule has 1 atom stereocenters. The quantitative estimate of drug-likeness (QED) is 0.597. The number of hydrogen-bond donors (Lipinski definition) is 2. The van der Waals surface area contributed by atoms with Crippen molar-refractivity contribution in [3.63, 3.8) is 0 Å². The van der Waals surface area contributed by atoms with Gasteiger partial charge < -0.3 is 9.84 Å². The van der Waals surface area contributed by atoms with Crippen LogP contribution in [-0.2, 0) is 4.79 Å². The topological polar surface area (TPSA) is 117 Å². The third kappa shape index (κ3) is 4.27. The summed E-state index contributed by atoms with van der Waals surface area (Å²) in [5.74, 6) is -0.221. The van der Waals surface area contributed by atoms with Crippen molar-refractivity contribution in [3.8, 4) is 17.3 Å². The van der Waals surface area contributed by atoms with Crippen molar-refractivity contribution in [2.24, 2.45) is 5.10 Å². The van der Waals surface area contributed by atoms with E-state index in [1.54, 1.807) is 30.3 Å². The fourth-order valence-electron chi connectivity index (χ4n) is 3.80. The van der Waals surface area contributed by atoms with Gasteiger partial charge in [0.15, 0.2) is 0 Å². The zero-order valence-corrected chi connectivity index (χ0v) is 18.7. The SMILES string of the molecule is CCOc1ccc([C@H]2CC(c3c(O)n(-c4cccc(Cl)c4)c(=O)[nH]c3=O)=NN2C(C)=O)cc1. The largest absolute Gasteiger partial charge is 0.494 e. The van der Waals surface area contributed by atoms with Crippen LogP contribution >= 0.6 is 11.6 Å². The smallest absolute Gasteiger partial charge is 0.335 e. The number of aromatic hydroxyl groups is 1. The molecule has 1 aliphatic rings. The van der Waals surface area contributed by atoms with E-state index in [9.17, 15) is 19.5 Å². The summed E-state index contributed by atoms with van der Waals surface area (Å²) in [6.45, 7) is 3.78. The number of amides is 1. The zero-order chi connectivity index (χ0) is 23.7. The highest BCUT2D eigenvalue weighted by atomic mass is 35.5. The van der Waals surface area contributed by atoms with E-state index in [1.807, 2.05) is 19.1 Å². The van der Waals surface area contributed by atoms with Gasteiger partial charge in [0.1, 0.15) is 11.3 Å². The second-order valence-electron chi connectivity index (χ2n) is 7.41. The molecule has 3 aromatic rings. The molecule has 0 radical (unpaired) electrons. The lowest BCUT2D eigenvalue weighted by molar-refractivity contribution is -0.130. The summed E-state index contributed by atoms with van der Waals surface area (Å²) in [7, 11) is 0. The van der Waals surface area contributed by atoms with Crippen LogP contribution in [0, 0.1) is 0 Å². The van der Waals surface area contributed by atoms with Crippen LogP contribution in [0.3, 0.4) is 0 Å². The van der Waals surface area contributed by atoms with Crippen LogP contribution in [0.2, 0.25) is 5.02 Å². The van der Waals surface area contributed by atoms with E-state index in [4.69, 9.17) is 16.3 Å². The van der Waals surface area contributed by atoms with Crippen molar-refractivity contribution < 1.29 is 14.6 Å². The Balaban J connectivity index is 1.78. The van der Waals surface area contributed by atoms with Crippen LogP contribution in [0.1, 0.15) is 37.4 Å². The molecule has 2 aromatic carbocycles. The Morgan fingerprint density at radius 2 is 1.97 bits per heavy atom. The van der Waals surface area contributed by atoms with Gasteiger partial charge in [0.25, 0.3) is 5.56 Å². The minimum Gasteiger partial charge on any atom is -0.494 e. The molecule has 9 nitrogen and oxygen atoms in total. The third-order valence-electron chi connectivity index (χ3n) is 5.25. The maximum atomic E-state index is 12.7. The summed E-state index contributed by atoms with van der Waals surface area (Å²) in [4.78, 5) is 39.7. The number of hydrazone groups is 1. The number of nitrogens with one attached hydrogen (secondary N) is 1. The van der Waals surface area contributed by atoms with E-state index < -0.39 is 23.2 Å². The van der Waals surface area contributed by atoms with E-state index in [-0.39, 0.29) is 29.3 Å². The number of rotatable bonds is 5. The highest BCUT2D eigenvalue weighted by molar-refractivity contribution is 6.30. The van der Waals surface area contributed by atoms with Crippen molar-refractivity contribution >= 4 is 23.2 Å². The van der Waals surface area contributed by atoms with Crippen molar-refractivity contribution in [1.29, 1.82) is 0 Å². The fourth-order valence-corrected chi connectivity index (χ4v) is 3.99. The number of nitrogens with zero attached hydrogens (tertiary/aromatic N) is 3. The summed E-state index contributed by atoms with van der Waals surface area (Å²) in [5, 5.41) is 16.9. The first kappa shape index (κ1) is 22.3. The van der Waals surface area contributed by atoms with Crippen molar-refractivity contribution in [1.82, 2.24) is 14.6 Å². The molecule has 0 bridgehead atoms. The molecule has 0 spiro atoms. The normalized spacial score (nSPS) is 15.4. The van der Waals surface area contributed by atoms with E-state index in [0.29, 0.717) is 17.4 Å². The van der Waals surface area contributed by atoms with Gasteiger partial charge in [0.2, 0.25) is 11.8 Å². The standard InChI is InChI=1S/C23H21ClN4O5/c1-3-33-17-9-7-14(8-10-17)19-12-18(26-28(19)13(2)29)20-21(30)25-23(32)27(22(20)31)16-6-4-5-15(24)11-16/h4-11,19,31H,3,12H2,1-2H3,(H,25,30,32)/t19-/m1/s1. The van der Waals surface area contributed by atoms with Gasteiger partial charge in [-0.2, -0.15) is 5.10 Å². The van der Waals surface area contributed by atoms with Gasteiger partial charge >= 0.3 is 5.69 Å². The van der Waals surface area contributed by atoms with Crippen LogP contribution in [0.25, 0.3) is 5.69 Å². The van der Waals surface area contributed by atoms with Gasteiger partial charge in [0, 0.05) is 18.4 Å². The second kappa shape index (κ2) is 8.95. The van der Waals surface area contributed by atoms with E-state index in [1.165, 1.54) is 18.0 Å². The van der Waals surface area contributed by atoms with Crippen LogP contribution in [0.15, 0.2) is 63.2 Å². The predicted molar refractivity (Wildman–Crippen MR) is 123 cm³/mol. The molecule has 1 amide bonds. The van der Waals surface area contributed by atoms with Gasteiger partial charge in [-0.3, -0.25) is 14.6 Å². The molecule has 2 N–H and O–H groups in total. The lowest BCUT2D eigenvalue weighted by atomic mass is 9.99.